The minimum atomic E-state index is 0.135. The summed E-state index contributed by atoms with van der Waals surface area (Å²) in [5, 5.41) is 6.18. The Labute approximate surface area is 110 Å². The van der Waals surface area contributed by atoms with E-state index >= 15 is 0 Å². The summed E-state index contributed by atoms with van der Waals surface area (Å²) in [5.74, 6) is 0.135. The summed E-state index contributed by atoms with van der Waals surface area (Å²) in [7, 11) is 0. The Kier molecular flexibility index (Phi) is 7.11. The average Bonchev–Trinajstić information content (AvgIpc) is 2.35. The molecular formula is C15H24N2O. The van der Waals surface area contributed by atoms with Crippen LogP contribution in [0.3, 0.4) is 0 Å². The third kappa shape index (κ3) is 7.07. The minimum Gasteiger partial charge on any atom is -0.356 e. The molecule has 0 bridgehead atoms. The van der Waals surface area contributed by atoms with Crippen molar-refractivity contribution in [3.8, 4) is 0 Å². The van der Waals surface area contributed by atoms with Crippen LogP contribution < -0.4 is 10.6 Å². The van der Waals surface area contributed by atoms with Crippen molar-refractivity contribution in [3.05, 3.63) is 35.9 Å². The quantitative estimate of drug-likeness (QED) is 0.692. The third-order valence-corrected chi connectivity index (χ3v) is 2.71. The summed E-state index contributed by atoms with van der Waals surface area (Å²) in [6.07, 6.45) is 2.57. The van der Waals surface area contributed by atoms with Crippen LogP contribution in [0.1, 0.15) is 32.3 Å². The van der Waals surface area contributed by atoms with Crippen LogP contribution in [0.2, 0.25) is 0 Å². The van der Waals surface area contributed by atoms with Crippen molar-refractivity contribution < 1.29 is 4.79 Å². The summed E-state index contributed by atoms with van der Waals surface area (Å²) in [4.78, 5) is 11.5. The summed E-state index contributed by atoms with van der Waals surface area (Å²) in [6.45, 7) is 5.67. The number of carbonyl (C=O) groups excluding carboxylic acids is 1. The zero-order chi connectivity index (χ0) is 13.2. The van der Waals surface area contributed by atoms with Gasteiger partial charge in [0.1, 0.15) is 0 Å². The molecule has 0 fully saturated rings. The van der Waals surface area contributed by atoms with E-state index in [9.17, 15) is 4.79 Å². The molecule has 0 radical (unpaired) electrons. The lowest BCUT2D eigenvalue weighted by Crippen LogP contribution is -2.31. The smallest absolute Gasteiger partial charge is 0.221 e. The molecule has 0 spiro atoms. The van der Waals surface area contributed by atoms with Crippen molar-refractivity contribution in [1.82, 2.24) is 10.6 Å². The van der Waals surface area contributed by atoms with Crippen molar-refractivity contribution in [3.63, 3.8) is 0 Å². The predicted octanol–water partition coefficient (Wildman–Crippen LogP) is 2.12. The van der Waals surface area contributed by atoms with Gasteiger partial charge in [0, 0.05) is 25.6 Å². The van der Waals surface area contributed by atoms with Gasteiger partial charge < -0.3 is 10.6 Å². The molecule has 0 atom stereocenters. The lowest BCUT2D eigenvalue weighted by Gasteiger charge is -2.08. The van der Waals surface area contributed by atoms with E-state index in [0.717, 1.165) is 25.9 Å². The van der Waals surface area contributed by atoms with Gasteiger partial charge in [-0.2, -0.15) is 0 Å². The molecule has 0 heterocycles. The Morgan fingerprint density at radius 2 is 1.89 bits per heavy atom. The van der Waals surface area contributed by atoms with Crippen LogP contribution in [0, 0.1) is 0 Å². The number of hydrogen-bond acceptors (Lipinski definition) is 2. The number of nitrogens with one attached hydrogen (secondary N) is 2. The van der Waals surface area contributed by atoms with Crippen LogP contribution in [0.25, 0.3) is 0 Å². The Morgan fingerprint density at radius 1 is 1.17 bits per heavy atom. The molecule has 0 saturated carbocycles. The summed E-state index contributed by atoms with van der Waals surface area (Å²) in [6, 6.07) is 10.8. The van der Waals surface area contributed by atoms with Crippen LogP contribution in [0.5, 0.6) is 0 Å². The van der Waals surface area contributed by atoms with Gasteiger partial charge in [0.2, 0.25) is 5.91 Å². The highest BCUT2D eigenvalue weighted by Crippen LogP contribution is 2.01. The van der Waals surface area contributed by atoms with Crippen molar-refractivity contribution in [2.45, 2.75) is 39.2 Å². The Balaban J connectivity index is 2.02. The molecule has 1 rings (SSSR count). The summed E-state index contributed by atoms with van der Waals surface area (Å²) < 4.78 is 0. The minimum absolute atomic E-state index is 0.135. The summed E-state index contributed by atoms with van der Waals surface area (Å²) in [5.41, 5.74) is 1.33. The highest BCUT2D eigenvalue weighted by molar-refractivity contribution is 5.75. The first-order chi connectivity index (χ1) is 8.68. The maximum atomic E-state index is 11.5. The van der Waals surface area contributed by atoms with Crippen molar-refractivity contribution in [2.24, 2.45) is 0 Å². The molecule has 0 unspecified atom stereocenters. The van der Waals surface area contributed by atoms with Crippen molar-refractivity contribution >= 4 is 5.91 Å². The van der Waals surface area contributed by atoms with Gasteiger partial charge in [0.15, 0.2) is 0 Å². The van der Waals surface area contributed by atoms with E-state index in [1.54, 1.807) is 0 Å². The number of amides is 1. The molecule has 2 N–H and O–H groups in total. The molecule has 3 heteroatoms. The average molecular weight is 248 g/mol. The van der Waals surface area contributed by atoms with E-state index in [4.69, 9.17) is 0 Å². The standard InChI is InChI=1S/C15H24N2O/c1-13(2)16-12-10-15(18)17-11-6-9-14-7-4-3-5-8-14/h3-5,7-8,13,16H,6,9-12H2,1-2H3,(H,17,18). The highest BCUT2D eigenvalue weighted by Gasteiger charge is 2.00. The Hall–Kier alpha value is -1.35. The molecule has 1 aromatic carbocycles. The largest absolute Gasteiger partial charge is 0.356 e. The second-order valence-corrected chi connectivity index (χ2v) is 4.80. The van der Waals surface area contributed by atoms with Gasteiger partial charge >= 0.3 is 0 Å². The Morgan fingerprint density at radius 3 is 2.56 bits per heavy atom. The number of aryl methyl sites for hydroxylation is 1. The van der Waals surface area contributed by atoms with Gasteiger partial charge in [-0.25, -0.2) is 0 Å². The third-order valence-electron chi connectivity index (χ3n) is 2.71. The fourth-order valence-electron chi connectivity index (χ4n) is 1.73. The fourth-order valence-corrected chi connectivity index (χ4v) is 1.73. The number of rotatable bonds is 8. The van der Waals surface area contributed by atoms with Gasteiger partial charge in [0.05, 0.1) is 0 Å². The van der Waals surface area contributed by atoms with Gasteiger partial charge in [0.25, 0.3) is 0 Å². The first kappa shape index (κ1) is 14.7. The van der Waals surface area contributed by atoms with E-state index in [0.29, 0.717) is 12.5 Å². The molecule has 0 aliphatic rings. The second-order valence-electron chi connectivity index (χ2n) is 4.80. The predicted molar refractivity (Wildman–Crippen MR) is 75.5 cm³/mol. The molecule has 0 aromatic heterocycles. The van der Waals surface area contributed by atoms with Gasteiger partial charge in [-0.15, -0.1) is 0 Å². The number of hydrogen-bond donors (Lipinski definition) is 2. The molecule has 0 aliphatic heterocycles. The zero-order valence-corrected chi connectivity index (χ0v) is 11.4. The van der Waals surface area contributed by atoms with E-state index in [1.165, 1.54) is 5.56 Å². The molecule has 1 amide bonds. The van der Waals surface area contributed by atoms with E-state index in [2.05, 4.69) is 36.6 Å². The number of benzene rings is 1. The van der Waals surface area contributed by atoms with Gasteiger partial charge in [-0.05, 0) is 18.4 Å². The summed E-state index contributed by atoms with van der Waals surface area (Å²) >= 11 is 0. The lowest BCUT2D eigenvalue weighted by molar-refractivity contribution is -0.121. The number of carbonyl (C=O) groups is 1. The molecular weight excluding hydrogens is 224 g/mol. The van der Waals surface area contributed by atoms with Crippen LogP contribution in [-0.4, -0.2) is 25.0 Å². The first-order valence-corrected chi connectivity index (χ1v) is 6.72. The maximum absolute atomic E-state index is 11.5. The monoisotopic (exact) mass is 248 g/mol. The molecule has 1 aromatic rings. The van der Waals surface area contributed by atoms with Gasteiger partial charge in [-0.1, -0.05) is 44.2 Å². The highest BCUT2D eigenvalue weighted by atomic mass is 16.1. The maximum Gasteiger partial charge on any atom is 0.221 e. The van der Waals surface area contributed by atoms with Crippen molar-refractivity contribution in [1.29, 1.82) is 0 Å². The Bertz CT molecular complexity index is 336. The SMILES string of the molecule is CC(C)NCCC(=O)NCCCc1ccccc1. The molecule has 3 nitrogen and oxygen atoms in total. The lowest BCUT2D eigenvalue weighted by atomic mass is 10.1. The molecule has 0 saturated heterocycles. The van der Waals surface area contributed by atoms with Gasteiger partial charge in [-0.3, -0.25) is 4.79 Å². The van der Waals surface area contributed by atoms with Crippen LogP contribution in [0.15, 0.2) is 30.3 Å². The molecule has 18 heavy (non-hydrogen) atoms. The topological polar surface area (TPSA) is 41.1 Å². The van der Waals surface area contributed by atoms with Crippen LogP contribution in [-0.2, 0) is 11.2 Å². The van der Waals surface area contributed by atoms with E-state index in [-0.39, 0.29) is 5.91 Å². The normalized spacial score (nSPS) is 10.6. The van der Waals surface area contributed by atoms with E-state index < -0.39 is 0 Å². The molecule has 100 valence electrons. The zero-order valence-electron chi connectivity index (χ0n) is 11.4. The van der Waals surface area contributed by atoms with Crippen LogP contribution >= 0.6 is 0 Å². The van der Waals surface area contributed by atoms with Crippen molar-refractivity contribution in [2.75, 3.05) is 13.1 Å². The molecule has 0 aliphatic carbocycles. The second kappa shape index (κ2) is 8.70. The first-order valence-electron chi connectivity index (χ1n) is 6.72. The van der Waals surface area contributed by atoms with E-state index in [1.807, 2.05) is 18.2 Å². The fraction of sp³-hybridized carbons (Fsp3) is 0.533. The van der Waals surface area contributed by atoms with Crippen LogP contribution in [0.4, 0.5) is 0 Å².